The largest absolute Gasteiger partial charge is 0.494 e. The first kappa shape index (κ1) is 29.5. The standard InChI is InChI=1S/C27H42O7/c1-5-30-17-11-7-8-12-18-32-25-16-15-23(31-6-2)21-24(25)27(29)34-20-14-10-9-13-19-33-26(28)22(3)4/h15-16,21H,3,5-14,17-20H2,1-2,4H3. The first-order valence-corrected chi connectivity index (χ1v) is 12.5. The number of hydrogen-bond donors (Lipinski definition) is 0. The molecule has 7 nitrogen and oxygen atoms in total. The molecular weight excluding hydrogens is 436 g/mol. The van der Waals surface area contributed by atoms with Crippen LogP contribution < -0.4 is 9.47 Å². The molecule has 1 aromatic rings. The number of unbranched alkanes of at least 4 members (excludes halogenated alkanes) is 6. The van der Waals surface area contributed by atoms with E-state index in [1.807, 2.05) is 13.8 Å². The first-order chi connectivity index (χ1) is 16.5. The van der Waals surface area contributed by atoms with Crippen molar-refractivity contribution in [2.75, 3.05) is 39.6 Å². The van der Waals surface area contributed by atoms with Crippen molar-refractivity contribution in [3.05, 3.63) is 35.9 Å². The summed E-state index contributed by atoms with van der Waals surface area (Å²) >= 11 is 0. The second-order valence-electron chi connectivity index (χ2n) is 8.02. The molecule has 0 aromatic heterocycles. The van der Waals surface area contributed by atoms with Crippen molar-refractivity contribution >= 4 is 11.9 Å². The van der Waals surface area contributed by atoms with E-state index in [-0.39, 0.29) is 5.97 Å². The maximum atomic E-state index is 12.7. The normalized spacial score (nSPS) is 10.6. The van der Waals surface area contributed by atoms with E-state index in [2.05, 4.69) is 6.58 Å². The zero-order valence-corrected chi connectivity index (χ0v) is 21.2. The van der Waals surface area contributed by atoms with E-state index >= 15 is 0 Å². The van der Waals surface area contributed by atoms with Crippen LogP contribution >= 0.6 is 0 Å². The molecule has 0 bridgehead atoms. The molecule has 0 spiro atoms. The summed E-state index contributed by atoms with van der Waals surface area (Å²) in [6, 6.07) is 5.25. The van der Waals surface area contributed by atoms with Gasteiger partial charge in [0.15, 0.2) is 0 Å². The molecule has 0 aliphatic rings. The van der Waals surface area contributed by atoms with Gasteiger partial charge in [-0.3, -0.25) is 0 Å². The molecule has 0 N–H and O–H groups in total. The number of hydrogen-bond acceptors (Lipinski definition) is 7. The Hall–Kier alpha value is -2.54. The van der Waals surface area contributed by atoms with Gasteiger partial charge in [-0.25, -0.2) is 9.59 Å². The Morgan fingerprint density at radius 2 is 1.38 bits per heavy atom. The van der Waals surface area contributed by atoms with Crippen LogP contribution in [0.1, 0.15) is 82.5 Å². The fourth-order valence-electron chi connectivity index (χ4n) is 3.13. The molecule has 0 aliphatic carbocycles. The van der Waals surface area contributed by atoms with Gasteiger partial charge >= 0.3 is 11.9 Å². The minimum Gasteiger partial charge on any atom is -0.494 e. The van der Waals surface area contributed by atoms with Crippen molar-refractivity contribution in [2.45, 2.75) is 72.1 Å². The lowest BCUT2D eigenvalue weighted by Crippen LogP contribution is -2.10. The van der Waals surface area contributed by atoms with Gasteiger partial charge in [-0.2, -0.15) is 0 Å². The molecule has 0 atom stereocenters. The summed E-state index contributed by atoms with van der Waals surface area (Å²) in [6.07, 6.45) is 7.39. The minimum atomic E-state index is -0.413. The molecular formula is C27H42O7. The highest BCUT2D eigenvalue weighted by atomic mass is 16.5. The Bertz CT molecular complexity index is 730. The Balaban J connectivity index is 2.39. The van der Waals surface area contributed by atoms with Crippen LogP contribution in [-0.2, 0) is 19.0 Å². The van der Waals surface area contributed by atoms with Gasteiger partial charge in [0.05, 0.1) is 26.4 Å². The van der Waals surface area contributed by atoms with E-state index in [4.69, 9.17) is 23.7 Å². The van der Waals surface area contributed by atoms with Crippen LogP contribution in [0.4, 0.5) is 0 Å². The summed E-state index contributed by atoms with van der Waals surface area (Å²) in [4.78, 5) is 24.0. The number of rotatable bonds is 20. The van der Waals surface area contributed by atoms with E-state index in [0.717, 1.165) is 64.6 Å². The maximum Gasteiger partial charge on any atom is 0.342 e. The monoisotopic (exact) mass is 478 g/mol. The third-order valence-electron chi connectivity index (χ3n) is 4.98. The number of carbonyl (C=O) groups excluding carboxylic acids is 2. The smallest absolute Gasteiger partial charge is 0.342 e. The minimum absolute atomic E-state index is 0.322. The average Bonchev–Trinajstić information content (AvgIpc) is 2.82. The van der Waals surface area contributed by atoms with E-state index in [9.17, 15) is 9.59 Å². The molecule has 0 fully saturated rings. The van der Waals surface area contributed by atoms with Crippen molar-refractivity contribution in [2.24, 2.45) is 0 Å². The highest BCUT2D eigenvalue weighted by Crippen LogP contribution is 2.26. The Labute approximate surface area is 204 Å². The Morgan fingerprint density at radius 1 is 0.765 bits per heavy atom. The Kier molecular flexibility index (Phi) is 16.3. The van der Waals surface area contributed by atoms with Gasteiger partial charge in [0.2, 0.25) is 0 Å². The van der Waals surface area contributed by atoms with E-state index in [1.54, 1.807) is 25.1 Å². The van der Waals surface area contributed by atoms with Crippen LogP contribution in [0.25, 0.3) is 0 Å². The second-order valence-corrected chi connectivity index (χ2v) is 8.02. The van der Waals surface area contributed by atoms with Crippen LogP contribution in [0.3, 0.4) is 0 Å². The molecule has 1 rings (SSSR count). The summed E-state index contributed by atoms with van der Waals surface area (Å²) in [7, 11) is 0. The molecule has 0 aliphatic heterocycles. The zero-order valence-electron chi connectivity index (χ0n) is 21.2. The van der Waals surface area contributed by atoms with Gasteiger partial charge < -0.3 is 23.7 Å². The molecule has 34 heavy (non-hydrogen) atoms. The van der Waals surface area contributed by atoms with Gasteiger partial charge in [-0.15, -0.1) is 0 Å². The summed E-state index contributed by atoms with van der Waals surface area (Å²) in [5.74, 6) is 0.357. The SMILES string of the molecule is C=C(C)C(=O)OCCCCCCOC(=O)c1cc(OCC)ccc1OCCCCCCOCC. The molecule has 0 amide bonds. The van der Waals surface area contributed by atoms with Crippen molar-refractivity contribution in [3.63, 3.8) is 0 Å². The van der Waals surface area contributed by atoms with Crippen LogP contribution in [-0.4, -0.2) is 51.6 Å². The third kappa shape index (κ3) is 13.2. The van der Waals surface area contributed by atoms with E-state index in [1.165, 1.54) is 0 Å². The van der Waals surface area contributed by atoms with Gasteiger partial charge in [-0.05, 0) is 83.9 Å². The van der Waals surface area contributed by atoms with Gasteiger partial charge in [0, 0.05) is 18.8 Å². The molecule has 0 heterocycles. The fourth-order valence-corrected chi connectivity index (χ4v) is 3.13. The predicted octanol–water partition coefficient (Wildman–Crippen LogP) is 5.90. The quantitative estimate of drug-likeness (QED) is 0.131. The van der Waals surface area contributed by atoms with E-state index in [0.29, 0.717) is 49.1 Å². The number of ether oxygens (including phenoxy) is 5. The lowest BCUT2D eigenvalue weighted by molar-refractivity contribution is -0.139. The second kappa shape index (κ2) is 18.8. The molecule has 0 unspecified atom stereocenters. The van der Waals surface area contributed by atoms with Crippen LogP contribution in [0.5, 0.6) is 11.5 Å². The molecule has 192 valence electrons. The van der Waals surface area contributed by atoms with Gasteiger partial charge in [-0.1, -0.05) is 13.0 Å². The molecule has 1 aromatic carbocycles. The van der Waals surface area contributed by atoms with Crippen LogP contribution in [0, 0.1) is 0 Å². The van der Waals surface area contributed by atoms with Crippen LogP contribution in [0.15, 0.2) is 30.4 Å². The first-order valence-electron chi connectivity index (χ1n) is 12.5. The van der Waals surface area contributed by atoms with Crippen LogP contribution in [0.2, 0.25) is 0 Å². The Morgan fingerprint density at radius 3 is 2.00 bits per heavy atom. The van der Waals surface area contributed by atoms with E-state index < -0.39 is 5.97 Å². The molecule has 0 saturated carbocycles. The summed E-state index contributed by atoms with van der Waals surface area (Å²) in [6.45, 7) is 12.4. The number of benzene rings is 1. The topological polar surface area (TPSA) is 80.3 Å². The predicted molar refractivity (Wildman–Crippen MR) is 133 cm³/mol. The maximum absolute atomic E-state index is 12.7. The highest BCUT2D eigenvalue weighted by Gasteiger charge is 2.16. The lowest BCUT2D eigenvalue weighted by Gasteiger charge is -2.13. The molecule has 0 saturated heterocycles. The molecule has 0 radical (unpaired) electrons. The lowest BCUT2D eigenvalue weighted by atomic mass is 10.1. The summed E-state index contributed by atoms with van der Waals surface area (Å²) < 4.78 is 27.3. The fraction of sp³-hybridized carbons (Fsp3) is 0.630. The molecule has 7 heteroatoms. The van der Waals surface area contributed by atoms with Gasteiger partial charge in [0.25, 0.3) is 0 Å². The number of esters is 2. The third-order valence-corrected chi connectivity index (χ3v) is 4.98. The summed E-state index contributed by atoms with van der Waals surface area (Å²) in [5, 5.41) is 0. The highest BCUT2D eigenvalue weighted by molar-refractivity contribution is 5.93. The van der Waals surface area contributed by atoms with Crippen molar-refractivity contribution < 1.29 is 33.3 Å². The summed E-state index contributed by atoms with van der Waals surface area (Å²) in [5.41, 5.74) is 0.787. The number of carbonyl (C=O) groups is 2. The van der Waals surface area contributed by atoms with Crippen molar-refractivity contribution in [1.82, 2.24) is 0 Å². The van der Waals surface area contributed by atoms with Crippen molar-refractivity contribution in [1.29, 1.82) is 0 Å². The van der Waals surface area contributed by atoms with Crippen molar-refractivity contribution in [3.8, 4) is 11.5 Å². The average molecular weight is 479 g/mol. The zero-order chi connectivity index (χ0) is 25.0. The van der Waals surface area contributed by atoms with Gasteiger partial charge in [0.1, 0.15) is 17.1 Å².